The van der Waals surface area contributed by atoms with Crippen LogP contribution in [-0.4, -0.2) is 4.92 Å². The zero-order chi connectivity index (χ0) is 10.0. The van der Waals surface area contributed by atoms with Crippen LogP contribution in [0.3, 0.4) is 0 Å². The second-order valence-electron chi connectivity index (χ2n) is 2.59. The summed E-state index contributed by atoms with van der Waals surface area (Å²) in [6.45, 7) is 1.63. The topological polar surface area (TPSA) is 92.9 Å². The van der Waals surface area contributed by atoms with Crippen LogP contribution < -0.4 is 5.73 Å². The van der Waals surface area contributed by atoms with Gasteiger partial charge in [0.05, 0.1) is 16.6 Å². The zero-order valence-corrected chi connectivity index (χ0v) is 6.94. The van der Waals surface area contributed by atoms with E-state index in [1.165, 1.54) is 12.1 Å². The number of nitrogens with two attached hydrogens (primary N) is 1. The molecule has 0 radical (unpaired) electrons. The Balaban J connectivity index is 3.39. The van der Waals surface area contributed by atoms with Gasteiger partial charge < -0.3 is 5.73 Å². The van der Waals surface area contributed by atoms with E-state index < -0.39 is 4.92 Å². The Kier molecular flexibility index (Phi) is 2.15. The van der Waals surface area contributed by atoms with Gasteiger partial charge in [0.25, 0.3) is 5.69 Å². The first-order valence-electron chi connectivity index (χ1n) is 3.51. The normalized spacial score (nSPS) is 9.23. The zero-order valence-electron chi connectivity index (χ0n) is 6.94. The molecule has 0 aliphatic heterocycles. The number of nitrogen functional groups attached to an aromatic ring is 1. The summed E-state index contributed by atoms with van der Waals surface area (Å²) in [4.78, 5) is 9.85. The van der Waals surface area contributed by atoms with Crippen LogP contribution in [0.2, 0.25) is 0 Å². The molecule has 2 N–H and O–H groups in total. The maximum absolute atomic E-state index is 10.4. The third kappa shape index (κ3) is 1.56. The van der Waals surface area contributed by atoms with Crippen molar-refractivity contribution in [2.24, 2.45) is 0 Å². The average molecular weight is 177 g/mol. The van der Waals surface area contributed by atoms with E-state index in [2.05, 4.69) is 0 Å². The van der Waals surface area contributed by atoms with Crippen LogP contribution in [0.25, 0.3) is 0 Å². The minimum absolute atomic E-state index is 0.0205. The average Bonchev–Trinajstić information content (AvgIpc) is 2.07. The Morgan fingerprint density at radius 2 is 2.23 bits per heavy atom. The lowest BCUT2D eigenvalue weighted by Gasteiger charge is -2.00. The van der Waals surface area contributed by atoms with Crippen molar-refractivity contribution in [2.45, 2.75) is 6.92 Å². The highest BCUT2D eigenvalue weighted by Gasteiger charge is 2.13. The maximum atomic E-state index is 10.4. The van der Waals surface area contributed by atoms with Crippen LogP contribution in [-0.2, 0) is 0 Å². The van der Waals surface area contributed by atoms with E-state index in [-0.39, 0.29) is 11.4 Å². The van der Waals surface area contributed by atoms with Gasteiger partial charge in [-0.2, -0.15) is 5.26 Å². The summed E-state index contributed by atoms with van der Waals surface area (Å²) in [5, 5.41) is 19.0. The first-order chi connectivity index (χ1) is 6.06. The van der Waals surface area contributed by atoms with Gasteiger partial charge in [-0.1, -0.05) is 0 Å². The Morgan fingerprint density at radius 3 is 2.69 bits per heavy atom. The second kappa shape index (κ2) is 3.11. The van der Waals surface area contributed by atoms with E-state index in [0.29, 0.717) is 11.1 Å². The van der Waals surface area contributed by atoms with Gasteiger partial charge in [0.2, 0.25) is 0 Å². The molecule has 5 heteroatoms. The van der Waals surface area contributed by atoms with Crippen molar-refractivity contribution < 1.29 is 4.92 Å². The molecule has 5 nitrogen and oxygen atoms in total. The van der Waals surface area contributed by atoms with E-state index >= 15 is 0 Å². The molecule has 0 fully saturated rings. The summed E-state index contributed by atoms with van der Waals surface area (Å²) in [5.41, 5.74) is 6.16. The molecule has 0 amide bonds. The molecule has 0 aliphatic carbocycles. The monoisotopic (exact) mass is 177 g/mol. The highest BCUT2D eigenvalue weighted by molar-refractivity contribution is 5.63. The maximum Gasteiger partial charge on any atom is 0.292 e. The molecule has 0 aliphatic rings. The van der Waals surface area contributed by atoms with Crippen LogP contribution in [0.15, 0.2) is 12.1 Å². The van der Waals surface area contributed by atoms with Crippen molar-refractivity contribution in [2.75, 3.05) is 5.73 Å². The van der Waals surface area contributed by atoms with Crippen LogP contribution in [0.4, 0.5) is 11.4 Å². The summed E-state index contributed by atoms with van der Waals surface area (Å²) in [7, 11) is 0. The number of nitrogens with zero attached hydrogens (tertiary/aromatic N) is 2. The molecule has 0 bridgehead atoms. The number of nitro groups is 1. The molecule has 0 unspecified atom stereocenters. The van der Waals surface area contributed by atoms with Crippen molar-refractivity contribution in [3.05, 3.63) is 33.4 Å². The third-order valence-corrected chi connectivity index (χ3v) is 1.69. The van der Waals surface area contributed by atoms with Crippen molar-refractivity contribution in [3.63, 3.8) is 0 Å². The van der Waals surface area contributed by atoms with Gasteiger partial charge in [-0.15, -0.1) is 0 Å². The lowest BCUT2D eigenvalue weighted by Crippen LogP contribution is -1.97. The Labute approximate surface area is 74.5 Å². The van der Waals surface area contributed by atoms with Crippen molar-refractivity contribution in [1.29, 1.82) is 5.26 Å². The SMILES string of the molecule is Cc1cc([N+](=O)[O-])c(N)cc1C#N. The van der Waals surface area contributed by atoms with Gasteiger partial charge in [0.15, 0.2) is 0 Å². The van der Waals surface area contributed by atoms with Gasteiger partial charge in [0, 0.05) is 6.07 Å². The highest BCUT2D eigenvalue weighted by Crippen LogP contribution is 2.24. The van der Waals surface area contributed by atoms with Crippen LogP contribution >= 0.6 is 0 Å². The molecule has 1 rings (SSSR count). The van der Waals surface area contributed by atoms with Crippen molar-refractivity contribution in [1.82, 2.24) is 0 Å². The van der Waals surface area contributed by atoms with E-state index in [9.17, 15) is 10.1 Å². The fourth-order valence-corrected chi connectivity index (χ4v) is 0.988. The minimum Gasteiger partial charge on any atom is -0.393 e. The van der Waals surface area contributed by atoms with Gasteiger partial charge in [-0.3, -0.25) is 10.1 Å². The number of nitro benzene ring substituents is 1. The number of benzene rings is 1. The molecule has 0 heterocycles. The minimum atomic E-state index is -0.566. The smallest absolute Gasteiger partial charge is 0.292 e. The number of hydrogen-bond acceptors (Lipinski definition) is 4. The lowest BCUT2D eigenvalue weighted by molar-refractivity contribution is -0.383. The number of aryl methyl sites for hydroxylation is 1. The summed E-state index contributed by atoms with van der Waals surface area (Å²) in [6, 6.07) is 4.51. The molecular formula is C8H7N3O2. The molecule has 0 saturated carbocycles. The molecule has 0 atom stereocenters. The largest absolute Gasteiger partial charge is 0.393 e. The predicted molar refractivity (Wildman–Crippen MR) is 47.0 cm³/mol. The Hall–Kier alpha value is -2.09. The van der Waals surface area contributed by atoms with E-state index in [1.807, 2.05) is 6.07 Å². The van der Waals surface area contributed by atoms with Gasteiger partial charge in [0.1, 0.15) is 5.69 Å². The number of nitriles is 1. The molecule has 1 aromatic carbocycles. The van der Waals surface area contributed by atoms with E-state index in [0.717, 1.165) is 0 Å². The first-order valence-corrected chi connectivity index (χ1v) is 3.51. The predicted octanol–water partition coefficient (Wildman–Crippen LogP) is 1.36. The molecule has 0 saturated heterocycles. The highest BCUT2D eigenvalue weighted by atomic mass is 16.6. The van der Waals surface area contributed by atoms with Crippen LogP contribution in [0, 0.1) is 28.4 Å². The molecule has 0 spiro atoms. The lowest BCUT2D eigenvalue weighted by atomic mass is 10.1. The van der Waals surface area contributed by atoms with Gasteiger partial charge >= 0.3 is 0 Å². The molecule has 0 aromatic heterocycles. The second-order valence-corrected chi connectivity index (χ2v) is 2.59. The first kappa shape index (κ1) is 9.00. The summed E-state index contributed by atoms with van der Waals surface area (Å²) in [5.74, 6) is 0. The van der Waals surface area contributed by atoms with Gasteiger partial charge in [-0.05, 0) is 18.6 Å². The standard InChI is InChI=1S/C8H7N3O2/c1-5-2-8(11(12)13)7(10)3-6(5)4-9/h2-3H,10H2,1H3. The van der Waals surface area contributed by atoms with Crippen LogP contribution in [0.1, 0.15) is 11.1 Å². The summed E-state index contributed by atoms with van der Waals surface area (Å²) >= 11 is 0. The fourth-order valence-electron chi connectivity index (χ4n) is 0.988. The van der Waals surface area contributed by atoms with Crippen molar-refractivity contribution >= 4 is 11.4 Å². The fraction of sp³-hybridized carbons (Fsp3) is 0.125. The quantitative estimate of drug-likeness (QED) is 0.398. The Bertz CT molecular complexity index is 407. The number of rotatable bonds is 1. The number of hydrogen-bond donors (Lipinski definition) is 1. The summed E-state index contributed by atoms with van der Waals surface area (Å²) in [6.07, 6.45) is 0. The summed E-state index contributed by atoms with van der Waals surface area (Å²) < 4.78 is 0. The van der Waals surface area contributed by atoms with Crippen molar-refractivity contribution in [3.8, 4) is 6.07 Å². The van der Waals surface area contributed by atoms with E-state index in [1.54, 1.807) is 6.92 Å². The Morgan fingerprint density at radius 1 is 1.62 bits per heavy atom. The molecular weight excluding hydrogens is 170 g/mol. The molecule has 13 heavy (non-hydrogen) atoms. The molecule has 66 valence electrons. The molecule has 1 aromatic rings. The van der Waals surface area contributed by atoms with Crippen LogP contribution in [0.5, 0.6) is 0 Å². The number of anilines is 1. The third-order valence-electron chi connectivity index (χ3n) is 1.69. The van der Waals surface area contributed by atoms with Gasteiger partial charge in [-0.25, -0.2) is 0 Å². The van der Waals surface area contributed by atoms with E-state index in [4.69, 9.17) is 11.0 Å².